The number of piperidine rings is 1. The quantitative estimate of drug-likeness (QED) is 0.869. The van der Waals surface area contributed by atoms with Crippen molar-refractivity contribution in [3.63, 3.8) is 0 Å². The molecule has 1 saturated carbocycles. The largest absolute Gasteiger partial charge is 0.393 e. The summed E-state index contributed by atoms with van der Waals surface area (Å²) in [5.74, 6) is 0.731. The second kappa shape index (κ2) is 5.76. The molecular weight excluding hydrogens is 316 g/mol. The van der Waals surface area contributed by atoms with Crippen LogP contribution in [-0.2, 0) is 5.41 Å². The van der Waals surface area contributed by atoms with Gasteiger partial charge in [-0.25, -0.2) is 4.98 Å². The number of anilines is 1. The van der Waals surface area contributed by atoms with Gasteiger partial charge in [0.1, 0.15) is 5.15 Å². The lowest BCUT2D eigenvalue weighted by Gasteiger charge is -2.39. The predicted molar refractivity (Wildman–Crippen MR) is 85.6 cm³/mol. The molecule has 3 heterocycles. The summed E-state index contributed by atoms with van der Waals surface area (Å²) in [6.45, 7) is 1.50. The van der Waals surface area contributed by atoms with Crippen LogP contribution in [0, 0.1) is 0 Å². The highest BCUT2D eigenvalue weighted by Gasteiger charge is 2.45. The number of pyridine rings is 1. The molecule has 1 aliphatic carbocycles. The number of nitrogens with zero attached hydrogens (tertiary/aromatic N) is 4. The normalized spacial score (nSPS) is 21.2. The van der Waals surface area contributed by atoms with Gasteiger partial charge < -0.3 is 14.5 Å². The Kier molecular flexibility index (Phi) is 3.73. The summed E-state index contributed by atoms with van der Waals surface area (Å²) in [6.07, 6.45) is 6.21. The van der Waals surface area contributed by atoms with Crippen LogP contribution in [0.25, 0.3) is 0 Å². The van der Waals surface area contributed by atoms with E-state index in [1.807, 2.05) is 18.3 Å². The molecule has 2 aromatic heterocycles. The summed E-state index contributed by atoms with van der Waals surface area (Å²) < 4.78 is 5.50. The molecule has 2 fully saturated rings. The Bertz CT molecular complexity index is 676. The van der Waals surface area contributed by atoms with E-state index in [9.17, 15) is 5.11 Å². The van der Waals surface area contributed by atoms with Gasteiger partial charge in [-0.3, -0.25) is 0 Å². The molecule has 122 valence electrons. The van der Waals surface area contributed by atoms with Crippen LogP contribution >= 0.6 is 11.6 Å². The van der Waals surface area contributed by atoms with E-state index in [4.69, 9.17) is 16.1 Å². The molecule has 0 spiro atoms. The Morgan fingerprint density at radius 2 is 2.04 bits per heavy atom. The van der Waals surface area contributed by atoms with Gasteiger partial charge >= 0.3 is 6.01 Å². The third-order valence-electron chi connectivity index (χ3n) is 5.07. The summed E-state index contributed by atoms with van der Waals surface area (Å²) in [4.78, 5) is 10.9. The molecule has 1 aliphatic heterocycles. The highest BCUT2D eigenvalue weighted by Crippen LogP contribution is 2.48. The first kappa shape index (κ1) is 14.9. The first-order valence-corrected chi connectivity index (χ1v) is 8.44. The highest BCUT2D eigenvalue weighted by molar-refractivity contribution is 6.29. The van der Waals surface area contributed by atoms with Crippen LogP contribution in [0.4, 0.5) is 6.01 Å². The molecule has 0 aromatic carbocycles. The van der Waals surface area contributed by atoms with Crippen molar-refractivity contribution in [3.8, 4) is 0 Å². The van der Waals surface area contributed by atoms with E-state index in [1.54, 1.807) is 0 Å². The molecule has 0 radical (unpaired) electrons. The predicted octanol–water partition coefficient (Wildman–Crippen LogP) is 2.55. The van der Waals surface area contributed by atoms with Crippen molar-refractivity contribution in [1.82, 2.24) is 15.1 Å². The molecule has 0 atom stereocenters. The van der Waals surface area contributed by atoms with Crippen molar-refractivity contribution < 1.29 is 9.63 Å². The molecular formula is C16H19ClN4O2. The van der Waals surface area contributed by atoms with Gasteiger partial charge in [0.15, 0.2) is 5.82 Å². The molecule has 4 rings (SSSR count). The summed E-state index contributed by atoms with van der Waals surface area (Å²) in [7, 11) is 0. The fourth-order valence-electron chi connectivity index (χ4n) is 3.43. The fraction of sp³-hybridized carbons (Fsp3) is 0.562. The SMILES string of the molecule is OC1CCN(c2nc(C3(c4ccc(Cl)nc4)CCC3)no2)CC1. The van der Waals surface area contributed by atoms with E-state index in [0.29, 0.717) is 11.2 Å². The van der Waals surface area contributed by atoms with Gasteiger partial charge in [0.2, 0.25) is 0 Å². The standard InChI is InChI=1S/C16H19ClN4O2/c17-13-3-2-11(10-18-13)16(6-1-7-16)14-19-15(23-20-14)21-8-4-12(22)5-9-21/h2-3,10,12,22H,1,4-9H2. The molecule has 7 heteroatoms. The van der Waals surface area contributed by atoms with E-state index in [0.717, 1.165) is 56.6 Å². The number of hydrogen-bond donors (Lipinski definition) is 1. The lowest BCUT2D eigenvalue weighted by molar-refractivity contribution is 0.143. The molecule has 1 saturated heterocycles. The van der Waals surface area contributed by atoms with E-state index in [1.165, 1.54) is 0 Å². The van der Waals surface area contributed by atoms with Crippen molar-refractivity contribution in [2.24, 2.45) is 0 Å². The van der Waals surface area contributed by atoms with E-state index >= 15 is 0 Å². The minimum Gasteiger partial charge on any atom is -0.393 e. The summed E-state index contributed by atoms with van der Waals surface area (Å²) >= 11 is 5.90. The van der Waals surface area contributed by atoms with Gasteiger partial charge in [-0.15, -0.1) is 0 Å². The van der Waals surface area contributed by atoms with Crippen molar-refractivity contribution in [1.29, 1.82) is 0 Å². The maximum Gasteiger partial charge on any atom is 0.324 e. The Hall–Kier alpha value is -1.66. The first-order valence-electron chi connectivity index (χ1n) is 8.07. The van der Waals surface area contributed by atoms with E-state index in [2.05, 4.69) is 20.0 Å². The Morgan fingerprint density at radius 1 is 1.26 bits per heavy atom. The van der Waals surface area contributed by atoms with Crippen LogP contribution < -0.4 is 4.90 Å². The summed E-state index contributed by atoms with van der Waals surface area (Å²) in [6, 6.07) is 4.37. The summed E-state index contributed by atoms with van der Waals surface area (Å²) in [5, 5.41) is 14.4. The number of halogens is 1. The molecule has 0 bridgehead atoms. The maximum absolute atomic E-state index is 9.62. The zero-order valence-corrected chi connectivity index (χ0v) is 13.5. The Labute approximate surface area is 139 Å². The molecule has 0 amide bonds. The number of aromatic nitrogens is 3. The van der Waals surface area contributed by atoms with Crippen LogP contribution in [0.1, 0.15) is 43.5 Å². The molecule has 0 unspecified atom stereocenters. The molecule has 2 aliphatic rings. The van der Waals surface area contributed by atoms with Crippen LogP contribution in [0.2, 0.25) is 5.15 Å². The first-order chi connectivity index (χ1) is 11.2. The number of rotatable bonds is 3. The van der Waals surface area contributed by atoms with Gasteiger partial charge in [0.05, 0.1) is 11.5 Å². The highest BCUT2D eigenvalue weighted by atomic mass is 35.5. The van der Waals surface area contributed by atoms with Crippen LogP contribution in [0.5, 0.6) is 0 Å². The lowest BCUT2D eigenvalue weighted by atomic mass is 9.64. The maximum atomic E-state index is 9.62. The van der Waals surface area contributed by atoms with Gasteiger partial charge in [-0.2, -0.15) is 4.98 Å². The minimum atomic E-state index is -0.216. The number of hydrogen-bond acceptors (Lipinski definition) is 6. The van der Waals surface area contributed by atoms with Crippen LogP contribution in [0.15, 0.2) is 22.9 Å². The van der Waals surface area contributed by atoms with E-state index in [-0.39, 0.29) is 11.5 Å². The molecule has 23 heavy (non-hydrogen) atoms. The molecule has 2 aromatic rings. The number of aliphatic hydroxyl groups excluding tert-OH is 1. The Balaban J connectivity index is 1.60. The average molecular weight is 335 g/mol. The average Bonchev–Trinajstić information content (AvgIpc) is 2.99. The van der Waals surface area contributed by atoms with Crippen molar-refractivity contribution >= 4 is 17.6 Å². The van der Waals surface area contributed by atoms with Gasteiger partial charge in [0.25, 0.3) is 0 Å². The van der Waals surface area contributed by atoms with Gasteiger partial charge in [-0.05, 0) is 37.3 Å². The summed E-state index contributed by atoms with van der Waals surface area (Å²) in [5.41, 5.74) is 0.892. The molecule has 1 N–H and O–H groups in total. The molecule has 6 nitrogen and oxygen atoms in total. The van der Waals surface area contributed by atoms with Crippen LogP contribution in [0.3, 0.4) is 0 Å². The second-order valence-electron chi connectivity index (χ2n) is 6.42. The van der Waals surface area contributed by atoms with Gasteiger partial charge in [-0.1, -0.05) is 29.2 Å². The Morgan fingerprint density at radius 3 is 2.65 bits per heavy atom. The van der Waals surface area contributed by atoms with Crippen molar-refractivity contribution in [3.05, 3.63) is 34.9 Å². The lowest BCUT2D eigenvalue weighted by Crippen LogP contribution is -2.38. The van der Waals surface area contributed by atoms with Crippen molar-refractivity contribution in [2.45, 2.75) is 43.6 Å². The topological polar surface area (TPSA) is 75.3 Å². The van der Waals surface area contributed by atoms with Crippen molar-refractivity contribution in [2.75, 3.05) is 18.0 Å². The van der Waals surface area contributed by atoms with Gasteiger partial charge in [0, 0.05) is 19.3 Å². The third kappa shape index (κ3) is 2.60. The monoisotopic (exact) mass is 334 g/mol. The minimum absolute atomic E-state index is 0.200. The zero-order valence-electron chi connectivity index (χ0n) is 12.8. The van der Waals surface area contributed by atoms with Crippen LogP contribution in [-0.4, -0.2) is 39.4 Å². The third-order valence-corrected chi connectivity index (χ3v) is 5.29. The smallest absolute Gasteiger partial charge is 0.324 e. The number of aliphatic hydroxyl groups is 1. The fourth-order valence-corrected chi connectivity index (χ4v) is 3.54. The zero-order chi connectivity index (χ0) is 15.9. The second-order valence-corrected chi connectivity index (χ2v) is 6.81. The van der Waals surface area contributed by atoms with E-state index < -0.39 is 0 Å².